The largest absolute Gasteiger partial charge is 0.508 e. The molecule has 5 nitrogen and oxygen atoms in total. The van der Waals surface area contributed by atoms with Crippen LogP contribution in [0.1, 0.15) is 76.5 Å². The second-order valence-corrected chi connectivity index (χ2v) is 8.22. The number of aromatic hydroxyl groups is 2. The summed E-state index contributed by atoms with van der Waals surface area (Å²) in [4.78, 5) is 13.3. The number of nitrogens with zero attached hydrogens (tertiary/aromatic N) is 1. The van der Waals surface area contributed by atoms with Gasteiger partial charge in [-0.25, -0.2) is 4.79 Å². The van der Waals surface area contributed by atoms with Crippen molar-refractivity contribution in [2.75, 3.05) is 14.2 Å². The van der Waals surface area contributed by atoms with Gasteiger partial charge in [-0.2, -0.15) is 0 Å². The summed E-state index contributed by atoms with van der Waals surface area (Å²) in [6.45, 7) is 8.61. The number of ether oxygens (including phenoxy) is 1. The van der Waals surface area contributed by atoms with E-state index in [1.165, 1.54) is 23.2 Å². The number of hydrogen-bond donors (Lipinski definition) is 2. The van der Waals surface area contributed by atoms with Crippen molar-refractivity contribution in [3.63, 3.8) is 0 Å². The molecular weight excluding hydrogens is 378 g/mol. The minimum atomic E-state index is -0.460. The van der Waals surface area contributed by atoms with E-state index in [9.17, 15) is 15.0 Å². The Labute approximate surface area is 182 Å². The summed E-state index contributed by atoms with van der Waals surface area (Å²) in [6.07, 6.45) is 10.0. The number of carbonyl (C=O) groups excluding carboxylic acids is 1. The van der Waals surface area contributed by atoms with Crippen LogP contribution >= 0.6 is 0 Å². The Balaban J connectivity index is 3.16. The van der Waals surface area contributed by atoms with Gasteiger partial charge in [0.05, 0.1) is 13.7 Å². The number of carbonyl (C=O) groups is 1. The molecule has 5 heteroatoms. The Morgan fingerprint density at radius 2 is 1.83 bits per heavy atom. The minimum absolute atomic E-state index is 0.0746. The maximum atomic E-state index is 11.9. The van der Waals surface area contributed by atoms with Crippen molar-refractivity contribution in [1.29, 1.82) is 0 Å². The topological polar surface area (TPSA) is 70.0 Å². The zero-order chi connectivity index (χ0) is 22.7. The number of phenolic OH excluding ortho intramolecular Hbond substituents is 2. The number of rotatable bonds is 11. The summed E-state index contributed by atoms with van der Waals surface area (Å²) in [6, 6.07) is 1.75. The van der Waals surface area contributed by atoms with E-state index >= 15 is 0 Å². The molecule has 0 aliphatic heterocycles. The first-order valence-corrected chi connectivity index (χ1v) is 10.8. The van der Waals surface area contributed by atoms with Crippen molar-refractivity contribution in [2.24, 2.45) is 0 Å². The van der Waals surface area contributed by atoms with E-state index in [0.29, 0.717) is 17.5 Å². The van der Waals surface area contributed by atoms with Crippen LogP contribution in [0, 0.1) is 0 Å². The monoisotopic (exact) mass is 417 g/mol. The van der Waals surface area contributed by atoms with Crippen LogP contribution in [-0.2, 0) is 24.1 Å². The highest BCUT2D eigenvalue weighted by molar-refractivity contribution is 5.67. The van der Waals surface area contributed by atoms with Gasteiger partial charge in [-0.05, 0) is 64.5 Å². The second kappa shape index (κ2) is 13.0. The van der Waals surface area contributed by atoms with Gasteiger partial charge in [0.15, 0.2) is 0 Å². The number of aryl methyl sites for hydroxylation is 1. The lowest BCUT2D eigenvalue weighted by atomic mass is 9.94. The third-order valence-corrected chi connectivity index (χ3v) is 5.26. The predicted octanol–water partition coefficient (Wildman–Crippen LogP) is 6.26. The summed E-state index contributed by atoms with van der Waals surface area (Å²) in [5.41, 5.74) is 4.58. The van der Waals surface area contributed by atoms with Crippen molar-refractivity contribution < 1.29 is 19.7 Å². The Bertz CT molecular complexity index is 761. The fourth-order valence-corrected chi connectivity index (χ4v) is 3.39. The zero-order valence-electron chi connectivity index (χ0n) is 19.5. The van der Waals surface area contributed by atoms with Crippen LogP contribution in [0.4, 0.5) is 4.79 Å². The van der Waals surface area contributed by atoms with Gasteiger partial charge in [-0.1, -0.05) is 43.1 Å². The van der Waals surface area contributed by atoms with E-state index in [4.69, 9.17) is 4.74 Å². The normalized spacial score (nSPS) is 11.3. The van der Waals surface area contributed by atoms with Crippen LogP contribution in [0.3, 0.4) is 0 Å². The molecule has 0 saturated carbocycles. The van der Waals surface area contributed by atoms with Crippen molar-refractivity contribution in [3.05, 3.63) is 46.1 Å². The number of hydrogen-bond acceptors (Lipinski definition) is 4. The van der Waals surface area contributed by atoms with E-state index in [0.717, 1.165) is 44.1 Å². The second-order valence-electron chi connectivity index (χ2n) is 8.22. The molecule has 1 amide bonds. The smallest absolute Gasteiger partial charge is 0.409 e. The average molecular weight is 418 g/mol. The number of unbranched alkanes of at least 4 members (excludes halogenated alkanes) is 2. The van der Waals surface area contributed by atoms with E-state index < -0.39 is 6.09 Å². The highest BCUT2D eigenvalue weighted by atomic mass is 16.5. The number of benzene rings is 1. The highest BCUT2D eigenvalue weighted by Crippen LogP contribution is 2.36. The van der Waals surface area contributed by atoms with Crippen LogP contribution in [-0.4, -0.2) is 35.4 Å². The van der Waals surface area contributed by atoms with E-state index in [1.54, 1.807) is 13.1 Å². The number of methoxy groups -OCH3 is 1. The Kier molecular flexibility index (Phi) is 11.1. The van der Waals surface area contributed by atoms with Gasteiger partial charge in [0.2, 0.25) is 0 Å². The van der Waals surface area contributed by atoms with E-state index in [1.807, 2.05) is 0 Å². The molecule has 0 unspecified atom stereocenters. The van der Waals surface area contributed by atoms with Gasteiger partial charge < -0.3 is 19.8 Å². The van der Waals surface area contributed by atoms with Crippen molar-refractivity contribution >= 4 is 6.09 Å². The van der Waals surface area contributed by atoms with Crippen LogP contribution in [0.5, 0.6) is 11.5 Å². The summed E-state index contributed by atoms with van der Waals surface area (Å²) in [5, 5.41) is 21.6. The minimum Gasteiger partial charge on any atom is -0.508 e. The van der Waals surface area contributed by atoms with Crippen molar-refractivity contribution in [3.8, 4) is 11.5 Å². The molecule has 0 atom stereocenters. The van der Waals surface area contributed by atoms with Gasteiger partial charge in [0.1, 0.15) is 11.5 Å². The molecule has 0 saturated heterocycles. The number of amides is 1. The molecule has 0 aliphatic carbocycles. The quantitative estimate of drug-likeness (QED) is 0.329. The third kappa shape index (κ3) is 8.13. The van der Waals surface area contributed by atoms with Crippen LogP contribution in [0.15, 0.2) is 29.4 Å². The molecule has 0 heterocycles. The Morgan fingerprint density at radius 1 is 1.13 bits per heavy atom. The molecule has 1 aromatic rings. The fraction of sp³-hybridized carbons (Fsp3) is 0.560. The van der Waals surface area contributed by atoms with Crippen LogP contribution in [0.2, 0.25) is 0 Å². The molecule has 2 N–H and O–H groups in total. The van der Waals surface area contributed by atoms with Gasteiger partial charge in [0, 0.05) is 18.2 Å². The van der Waals surface area contributed by atoms with E-state index in [-0.39, 0.29) is 18.0 Å². The zero-order valence-corrected chi connectivity index (χ0v) is 19.5. The Morgan fingerprint density at radius 3 is 2.43 bits per heavy atom. The van der Waals surface area contributed by atoms with Crippen molar-refractivity contribution in [1.82, 2.24) is 4.90 Å². The lowest BCUT2D eigenvalue weighted by Crippen LogP contribution is -2.26. The molecular formula is C25H39NO4. The molecule has 1 rings (SSSR count). The molecule has 0 fully saturated rings. The summed E-state index contributed by atoms with van der Waals surface area (Å²) in [5.74, 6) is 0.183. The summed E-state index contributed by atoms with van der Waals surface area (Å²) >= 11 is 0. The molecule has 0 bridgehead atoms. The molecule has 0 aromatic heterocycles. The summed E-state index contributed by atoms with van der Waals surface area (Å²) in [7, 11) is 2.98. The van der Waals surface area contributed by atoms with Gasteiger partial charge in [-0.15, -0.1) is 0 Å². The van der Waals surface area contributed by atoms with Gasteiger partial charge >= 0.3 is 6.09 Å². The first-order valence-electron chi connectivity index (χ1n) is 10.8. The molecule has 0 aliphatic rings. The predicted molar refractivity (Wildman–Crippen MR) is 123 cm³/mol. The standard InChI is InChI=1S/C25H39NO4/c1-7-8-9-13-20-16-23(27)21(15-14-19(4)12-10-11-18(2)3)24(28)22(20)17-26(5)25(29)30-6/h11,14,16,27-28H,7-10,12-13,15,17H2,1-6H3. The van der Waals surface area contributed by atoms with Gasteiger partial charge in [-0.3, -0.25) is 0 Å². The van der Waals surface area contributed by atoms with Crippen LogP contribution in [0.25, 0.3) is 0 Å². The first-order chi connectivity index (χ1) is 14.2. The van der Waals surface area contributed by atoms with E-state index in [2.05, 4.69) is 39.8 Å². The molecule has 1 aromatic carbocycles. The average Bonchev–Trinajstić information content (AvgIpc) is 2.69. The van der Waals surface area contributed by atoms with Crippen molar-refractivity contribution in [2.45, 2.75) is 79.2 Å². The number of phenols is 2. The number of allylic oxidation sites excluding steroid dienone is 4. The highest BCUT2D eigenvalue weighted by Gasteiger charge is 2.20. The SMILES string of the molecule is CCCCCc1cc(O)c(CC=C(C)CCC=C(C)C)c(O)c1CN(C)C(=O)OC. The molecule has 0 radical (unpaired) electrons. The Hall–Kier alpha value is -2.43. The fourth-order valence-electron chi connectivity index (χ4n) is 3.39. The summed E-state index contributed by atoms with van der Waals surface area (Å²) < 4.78 is 4.79. The first kappa shape index (κ1) is 25.6. The lowest BCUT2D eigenvalue weighted by molar-refractivity contribution is 0.131. The maximum absolute atomic E-state index is 11.9. The molecule has 0 spiro atoms. The molecule has 30 heavy (non-hydrogen) atoms. The van der Waals surface area contributed by atoms with Gasteiger partial charge in [0.25, 0.3) is 0 Å². The molecule has 168 valence electrons. The third-order valence-electron chi connectivity index (χ3n) is 5.26. The van der Waals surface area contributed by atoms with Crippen LogP contribution < -0.4 is 0 Å². The maximum Gasteiger partial charge on any atom is 0.409 e. The lowest BCUT2D eigenvalue weighted by Gasteiger charge is -2.21.